The summed E-state index contributed by atoms with van der Waals surface area (Å²) in [5.74, 6) is -0.469. The molecule has 3 aromatic carbocycles. The average molecular weight is 665 g/mol. The fraction of sp³-hybridized carbons (Fsp3) is 0.429. The molecule has 0 aromatic heterocycles. The van der Waals surface area contributed by atoms with Gasteiger partial charge >= 0.3 is 12.1 Å². The number of benzene rings is 3. The molecule has 1 heterocycles. The maximum absolute atomic E-state index is 12.4. The SMILES string of the molecule is C[N+](CCOC(=O)OCOC(=O)CCC[N+]1(Cc2ccc([N+](=O)[O-])cc2)CCCCC1)(Cc1ccccc1)Cc1ccc([N+](=O)[O-])cc1. The van der Waals surface area contributed by atoms with E-state index >= 15 is 0 Å². The maximum Gasteiger partial charge on any atom is 0.511 e. The van der Waals surface area contributed by atoms with Crippen LogP contribution in [0.25, 0.3) is 0 Å². The van der Waals surface area contributed by atoms with Gasteiger partial charge in [-0.05, 0) is 43.5 Å². The van der Waals surface area contributed by atoms with Crippen molar-refractivity contribution in [3.8, 4) is 0 Å². The monoisotopic (exact) mass is 664 g/mol. The first-order valence-electron chi connectivity index (χ1n) is 16.2. The number of quaternary nitrogens is 2. The summed E-state index contributed by atoms with van der Waals surface area (Å²) in [6.45, 7) is 4.64. The molecule has 13 heteroatoms. The number of carbonyl (C=O) groups excluding carboxylic acids is 2. The molecular formula is C35H44N4O9+2. The molecule has 0 radical (unpaired) electrons. The van der Waals surface area contributed by atoms with Crippen molar-refractivity contribution in [3.05, 3.63) is 116 Å². The van der Waals surface area contributed by atoms with E-state index in [4.69, 9.17) is 14.2 Å². The van der Waals surface area contributed by atoms with Gasteiger partial charge in [-0.15, -0.1) is 0 Å². The van der Waals surface area contributed by atoms with Gasteiger partial charge in [0.25, 0.3) is 11.4 Å². The molecule has 0 N–H and O–H groups in total. The zero-order chi connectivity index (χ0) is 34.4. The molecule has 4 rings (SSSR count). The van der Waals surface area contributed by atoms with Crippen molar-refractivity contribution in [1.29, 1.82) is 0 Å². The van der Waals surface area contributed by atoms with E-state index in [1.807, 2.05) is 37.4 Å². The van der Waals surface area contributed by atoms with E-state index in [-0.39, 0.29) is 24.4 Å². The van der Waals surface area contributed by atoms with Crippen molar-refractivity contribution in [3.63, 3.8) is 0 Å². The number of nitro benzene ring substituents is 2. The van der Waals surface area contributed by atoms with Crippen LogP contribution >= 0.6 is 0 Å². The Bertz CT molecular complexity index is 1510. The summed E-state index contributed by atoms with van der Waals surface area (Å²) < 4.78 is 16.7. The number of ether oxygens (including phenoxy) is 3. The minimum absolute atomic E-state index is 0.0229. The van der Waals surface area contributed by atoms with Crippen LogP contribution in [0.15, 0.2) is 78.9 Å². The smallest absolute Gasteiger partial charge is 0.428 e. The van der Waals surface area contributed by atoms with E-state index in [0.717, 1.165) is 60.2 Å². The van der Waals surface area contributed by atoms with Crippen LogP contribution in [0.5, 0.6) is 0 Å². The molecule has 1 unspecified atom stereocenters. The van der Waals surface area contributed by atoms with Gasteiger partial charge in [0.05, 0.1) is 42.9 Å². The van der Waals surface area contributed by atoms with E-state index in [0.29, 0.717) is 30.5 Å². The number of piperidine rings is 1. The quantitative estimate of drug-likeness (QED) is 0.0534. The van der Waals surface area contributed by atoms with E-state index in [2.05, 4.69) is 0 Å². The van der Waals surface area contributed by atoms with Crippen LogP contribution in [-0.2, 0) is 38.6 Å². The van der Waals surface area contributed by atoms with Gasteiger partial charge < -0.3 is 23.2 Å². The summed E-state index contributed by atoms with van der Waals surface area (Å²) in [4.78, 5) is 45.9. The van der Waals surface area contributed by atoms with Crippen molar-refractivity contribution in [2.75, 3.05) is 46.6 Å². The van der Waals surface area contributed by atoms with Crippen LogP contribution in [0.3, 0.4) is 0 Å². The van der Waals surface area contributed by atoms with E-state index < -0.39 is 28.8 Å². The Kier molecular flexibility index (Phi) is 13.0. The Hall–Kier alpha value is -4.88. The lowest BCUT2D eigenvalue weighted by atomic mass is 10.0. The fourth-order valence-corrected chi connectivity index (χ4v) is 6.32. The number of esters is 1. The second kappa shape index (κ2) is 17.3. The number of nitrogens with zero attached hydrogens (tertiary/aromatic N) is 4. The van der Waals surface area contributed by atoms with Gasteiger partial charge in [-0.25, -0.2) is 4.79 Å². The largest absolute Gasteiger partial charge is 0.511 e. The Balaban J connectivity index is 1.19. The molecule has 0 spiro atoms. The molecule has 0 bridgehead atoms. The second-order valence-corrected chi connectivity index (χ2v) is 12.7. The zero-order valence-electron chi connectivity index (χ0n) is 27.4. The number of nitro groups is 2. The van der Waals surface area contributed by atoms with Crippen molar-refractivity contribution in [1.82, 2.24) is 0 Å². The summed E-state index contributed by atoms with van der Waals surface area (Å²) in [5.41, 5.74) is 3.12. The topological polar surface area (TPSA) is 148 Å². The Morgan fingerprint density at radius 3 is 1.90 bits per heavy atom. The first-order valence-corrected chi connectivity index (χ1v) is 16.2. The standard InChI is InChI=1S/C35H44N4O9/c1-38(25-29-9-4-2-5-10-29,26-30-12-16-32(17-13-30)36(42)43)23-24-46-35(41)48-28-47-34(40)11-8-22-39(20-6-3-7-21-39)27-31-14-18-33(19-15-31)37(44)45/h2,4-5,9-10,12-19H,3,6-8,11,20-28H2,1H3/q+2. The summed E-state index contributed by atoms with van der Waals surface area (Å²) in [6.07, 6.45) is 3.19. The van der Waals surface area contributed by atoms with Crippen molar-refractivity contribution in [2.24, 2.45) is 0 Å². The average Bonchev–Trinajstić information content (AvgIpc) is 3.06. The third-order valence-corrected chi connectivity index (χ3v) is 8.81. The van der Waals surface area contributed by atoms with Crippen LogP contribution < -0.4 is 0 Å². The highest BCUT2D eigenvalue weighted by Gasteiger charge is 2.30. The van der Waals surface area contributed by atoms with E-state index in [1.54, 1.807) is 24.3 Å². The molecule has 256 valence electrons. The third-order valence-electron chi connectivity index (χ3n) is 8.81. The number of hydrogen-bond donors (Lipinski definition) is 0. The van der Waals surface area contributed by atoms with Crippen molar-refractivity contribution < 1.29 is 42.6 Å². The molecule has 1 atom stereocenters. The summed E-state index contributed by atoms with van der Waals surface area (Å²) in [5, 5.41) is 22.1. The predicted molar refractivity (Wildman–Crippen MR) is 176 cm³/mol. The number of non-ortho nitro benzene ring substituents is 2. The lowest BCUT2D eigenvalue weighted by Crippen LogP contribution is -2.51. The highest BCUT2D eigenvalue weighted by atomic mass is 16.8. The Morgan fingerprint density at radius 2 is 1.31 bits per heavy atom. The van der Waals surface area contributed by atoms with Crippen molar-refractivity contribution >= 4 is 23.5 Å². The number of rotatable bonds is 17. The van der Waals surface area contributed by atoms with Crippen molar-refractivity contribution in [2.45, 2.75) is 51.7 Å². The van der Waals surface area contributed by atoms with Gasteiger partial charge in [-0.2, -0.15) is 0 Å². The third kappa shape index (κ3) is 11.4. The van der Waals surface area contributed by atoms with Crippen LogP contribution in [-0.4, -0.2) is 77.6 Å². The summed E-state index contributed by atoms with van der Waals surface area (Å²) >= 11 is 0. The first kappa shape index (κ1) is 36.0. The maximum atomic E-state index is 12.4. The van der Waals surface area contributed by atoms with Gasteiger partial charge in [-0.1, -0.05) is 30.3 Å². The predicted octanol–water partition coefficient (Wildman–Crippen LogP) is 6.28. The molecular weight excluding hydrogens is 620 g/mol. The molecule has 1 saturated heterocycles. The van der Waals surface area contributed by atoms with Crippen LogP contribution in [0.1, 0.15) is 48.8 Å². The first-order chi connectivity index (χ1) is 23.0. The lowest BCUT2D eigenvalue weighted by Gasteiger charge is -2.41. The molecule has 0 saturated carbocycles. The fourth-order valence-electron chi connectivity index (χ4n) is 6.32. The molecule has 48 heavy (non-hydrogen) atoms. The minimum atomic E-state index is -0.940. The van der Waals surface area contributed by atoms with Gasteiger partial charge in [-0.3, -0.25) is 25.0 Å². The molecule has 1 fully saturated rings. The van der Waals surface area contributed by atoms with Gasteiger partial charge in [0.15, 0.2) is 0 Å². The zero-order valence-corrected chi connectivity index (χ0v) is 27.4. The number of likely N-dealkylation sites (N-methyl/N-ethyl adjacent to an activating group) is 1. The highest BCUT2D eigenvalue weighted by molar-refractivity contribution is 5.69. The number of hydrogen-bond acceptors (Lipinski definition) is 9. The van der Waals surface area contributed by atoms with Crippen LogP contribution in [0.2, 0.25) is 0 Å². The molecule has 3 aromatic rings. The molecule has 13 nitrogen and oxygen atoms in total. The molecule has 1 aliphatic heterocycles. The van der Waals surface area contributed by atoms with Crippen LogP contribution in [0.4, 0.5) is 16.2 Å². The van der Waals surface area contributed by atoms with E-state index in [1.165, 1.54) is 30.7 Å². The van der Waals surface area contributed by atoms with Gasteiger partial charge in [0.1, 0.15) is 32.8 Å². The van der Waals surface area contributed by atoms with E-state index in [9.17, 15) is 29.8 Å². The van der Waals surface area contributed by atoms with Crippen LogP contribution in [0, 0.1) is 20.2 Å². The van der Waals surface area contributed by atoms with Gasteiger partial charge in [0, 0.05) is 47.4 Å². The second-order valence-electron chi connectivity index (χ2n) is 12.7. The molecule has 0 aliphatic carbocycles. The Morgan fingerprint density at radius 1 is 0.750 bits per heavy atom. The number of carbonyl (C=O) groups is 2. The van der Waals surface area contributed by atoms with Gasteiger partial charge in [0.2, 0.25) is 6.79 Å². The number of likely N-dealkylation sites (tertiary alicyclic amines) is 1. The normalized spacial score (nSPS) is 15.1. The summed E-state index contributed by atoms with van der Waals surface area (Å²) in [7, 11) is 2.02. The Labute approximate surface area is 280 Å². The minimum Gasteiger partial charge on any atom is -0.428 e. The molecule has 0 amide bonds. The lowest BCUT2D eigenvalue weighted by molar-refractivity contribution is -0.945. The summed E-state index contributed by atoms with van der Waals surface area (Å²) in [6, 6.07) is 23.0. The highest BCUT2D eigenvalue weighted by Crippen LogP contribution is 2.25. The molecule has 1 aliphatic rings.